The topological polar surface area (TPSA) is 81.8 Å². The number of benzene rings is 2. The average Bonchev–Trinajstić information content (AvgIpc) is 3.08. The Morgan fingerprint density at radius 2 is 2.07 bits per heavy atom. The van der Waals surface area contributed by atoms with E-state index in [4.69, 9.17) is 15.2 Å². The van der Waals surface area contributed by atoms with Gasteiger partial charge < -0.3 is 15.2 Å². The molecule has 0 saturated heterocycles. The van der Waals surface area contributed by atoms with Gasteiger partial charge in [0.25, 0.3) is 0 Å². The van der Waals surface area contributed by atoms with E-state index in [0.29, 0.717) is 34.6 Å². The third kappa shape index (κ3) is 5.18. The summed E-state index contributed by atoms with van der Waals surface area (Å²) in [6, 6.07) is 11.9. The lowest BCUT2D eigenvalue weighted by molar-refractivity contribution is 0.266. The number of aromatic nitrogens is 1. The average molecular weight is 386 g/mol. The Labute approximate surface area is 160 Å². The molecule has 0 unspecified atom stereocenters. The summed E-state index contributed by atoms with van der Waals surface area (Å²) in [5.74, 6) is 1.26. The summed E-state index contributed by atoms with van der Waals surface area (Å²) in [4.78, 5) is 4.06. The van der Waals surface area contributed by atoms with Crippen LogP contribution in [0.25, 0.3) is 0 Å². The molecule has 0 atom stereocenters. The number of nitrogens with zero attached hydrogens (tertiary/aromatic N) is 2. The van der Waals surface area contributed by atoms with Crippen LogP contribution in [0, 0.1) is 5.82 Å². The number of nitrogens with one attached hydrogen (secondary N) is 1. The highest BCUT2D eigenvalue weighted by Crippen LogP contribution is 2.29. The molecule has 0 saturated carbocycles. The maximum atomic E-state index is 13.7. The van der Waals surface area contributed by atoms with Gasteiger partial charge in [-0.25, -0.2) is 9.37 Å². The molecular weight excluding hydrogens is 367 g/mol. The van der Waals surface area contributed by atoms with Gasteiger partial charge >= 0.3 is 0 Å². The van der Waals surface area contributed by atoms with Crippen LogP contribution in [0.1, 0.15) is 18.1 Å². The Kier molecular flexibility index (Phi) is 6.22. The maximum absolute atomic E-state index is 13.7. The molecule has 140 valence electrons. The fourth-order valence-electron chi connectivity index (χ4n) is 2.26. The Bertz CT molecular complexity index is 930. The van der Waals surface area contributed by atoms with Crippen molar-refractivity contribution in [1.29, 1.82) is 0 Å². The molecule has 0 amide bonds. The van der Waals surface area contributed by atoms with E-state index >= 15 is 0 Å². The van der Waals surface area contributed by atoms with Crippen molar-refractivity contribution in [2.75, 3.05) is 17.8 Å². The summed E-state index contributed by atoms with van der Waals surface area (Å²) in [6.45, 7) is 2.48. The van der Waals surface area contributed by atoms with Crippen LogP contribution in [0.15, 0.2) is 52.9 Å². The lowest BCUT2D eigenvalue weighted by Crippen LogP contribution is -2.02. The smallest absolute Gasteiger partial charge is 0.205 e. The molecule has 0 radical (unpaired) electrons. The van der Waals surface area contributed by atoms with Crippen molar-refractivity contribution in [3.63, 3.8) is 0 Å². The molecule has 3 rings (SSSR count). The first-order chi connectivity index (χ1) is 13.2. The highest BCUT2D eigenvalue weighted by molar-refractivity contribution is 7.14. The lowest BCUT2D eigenvalue weighted by atomic mass is 10.2. The van der Waals surface area contributed by atoms with Gasteiger partial charge in [0.2, 0.25) is 5.13 Å². The molecule has 0 spiro atoms. The van der Waals surface area contributed by atoms with Gasteiger partial charge in [-0.05, 0) is 36.8 Å². The Morgan fingerprint density at radius 3 is 2.81 bits per heavy atom. The number of ether oxygens (including phenoxy) is 2. The number of hydrogen-bond donors (Lipinski definition) is 2. The minimum absolute atomic E-state index is 0.118. The van der Waals surface area contributed by atoms with Crippen molar-refractivity contribution in [3.8, 4) is 11.5 Å². The maximum Gasteiger partial charge on any atom is 0.205 e. The SMILES string of the molecule is CCOc1cc(C=NNc2nc(N)cs2)ccc1OCc1ccccc1F. The normalized spacial score (nSPS) is 10.9. The molecule has 1 heterocycles. The van der Waals surface area contributed by atoms with Gasteiger partial charge in [-0.15, -0.1) is 11.3 Å². The highest BCUT2D eigenvalue weighted by atomic mass is 32.1. The van der Waals surface area contributed by atoms with Gasteiger partial charge in [0, 0.05) is 10.9 Å². The fraction of sp³-hybridized carbons (Fsp3) is 0.158. The first-order valence-corrected chi connectivity index (χ1v) is 9.17. The molecular formula is C19H19FN4O2S. The van der Waals surface area contributed by atoms with E-state index in [0.717, 1.165) is 5.56 Å². The van der Waals surface area contributed by atoms with Crippen molar-refractivity contribution in [3.05, 3.63) is 64.8 Å². The Morgan fingerprint density at radius 1 is 1.22 bits per heavy atom. The van der Waals surface area contributed by atoms with Crippen LogP contribution in [0.5, 0.6) is 11.5 Å². The molecule has 3 aromatic rings. The number of hydrazone groups is 1. The number of rotatable bonds is 8. The molecule has 0 aliphatic heterocycles. The second-order valence-electron chi connectivity index (χ2n) is 5.47. The summed E-state index contributed by atoms with van der Waals surface area (Å²) >= 11 is 1.37. The number of hydrogen-bond acceptors (Lipinski definition) is 7. The molecule has 3 N–H and O–H groups in total. The first-order valence-electron chi connectivity index (χ1n) is 8.29. The van der Waals surface area contributed by atoms with Gasteiger partial charge in [0.1, 0.15) is 18.2 Å². The van der Waals surface area contributed by atoms with E-state index in [1.54, 1.807) is 35.9 Å². The predicted molar refractivity (Wildman–Crippen MR) is 106 cm³/mol. The number of halogens is 1. The van der Waals surface area contributed by atoms with E-state index in [9.17, 15) is 4.39 Å². The molecule has 27 heavy (non-hydrogen) atoms. The molecule has 0 fully saturated rings. The summed E-state index contributed by atoms with van der Waals surface area (Å²) in [6.07, 6.45) is 1.64. The Balaban J connectivity index is 1.69. The van der Waals surface area contributed by atoms with Crippen LogP contribution < -0.4 is 20.6 Å². The highest BCUT2D eigenvalue weighted by Gasteiger charge is 2.08. The molecule has 8 heteroatoms. The second-order valence-corrected chi connectivity index (χ2v) is 6.32. The molecule has 2 aromatic carbocycles. The van der Waals surface area contributed by atoms with Gasteiger partial charge in [-0.3, -0.25) is 5.43 Å². The largest absolute Gasteiger partial charge is 0.490 e. The van der Waals surface area contributed by atoms with Crippen LogP contribution in [0.3, 0.4) is 0 Å². The number of nitrogen functional groups attached to an aromatic ring is 1. The van der Waals surface area contributed by atoms with Gasteiger partial charge in [0.05, 0.1) is 12.8 Å². The van der Waals surface area contributed by atoms with Crippen molar-refractivity contribution >= 4 is 28.5 Å². The zero-order valence-electron chi connectivity index (χ0n) is 14.7. The summed E-state index contributed by atoms with van der Waals surface area (Å²) < 4.78 is 25.1. The van der Waals surface area contributed by atoms with E-state index in [-0.39, 0.29) is 12.4 Å². The van der Waals surface area contributed by atoms with E-state index in [2.05, 4.69) is 15.5 Å². The summed E-state index contributed by atoms with van der Waals surface area (Å²) in [5.41, 5.74) is 9.68. The van der Waals surface area contributed by atoms with Gasteiger partial charge in [0.15, 0.2) is 11.5 Å². The van der Waals surface area contributed by atoms with Crippen LogP contribution in [0.4, 0.5) is 15.3 Å². The third-order valence-electron chi connectivity index (χ3n) is 3.50. The predicted octanol–water partition coefficient (Wildman–Crippen LogP) is 4.29. The van der Waals surface area contributed by atoms with Crippen molar-refractivity contribution in [2.45, 2.75) is 13.5 Å². The Hall–Kier alpha value is -3.13. The van der Waals surface area contributed by atoms with E-state index in [1.165, 1.54) is 17.4 Å². The second kappa shape index (κ2) is 9.00. The molecule has 0 aliphatic carbocycles. The van der Waals surface area contributed by atoms with Gasteiger partial charge in [-0.1, -0.05) is 18.2 Å². The van der Waals surface area contributed by atoms with Crippen LogP contribution >= 0.6 is 11.3 Å². The molecule has 6 nitrogen and oxygen atoms in total. The number of anilines is 2. The lowest BCUT2D eigenvalue weighted by Gasteiger charge is -2.13. The van der Waals surface area contributed by atoms with Gasteiger partial charge in [-0.2, -0.15) is 5.10 Å². The summed E-state index contributed by atoms with van der Waals surface area (Å²) in [7, 11) is 0. The summed E-state index contributed by atoms with van der Waals surface area (Å²) in [5, 5.41) is 6.47. The first kappa shape index (κ1) is 18.7. The number of nitrogens with two attached hydrogens (primary N) is 1. The zero-order valence-corrected chi connectivity index (χ0v) is 15.5. The van der Waals surface area contributed by atoms with Crippen LogP contribution in [-0.2, 0) is 6.61 Å². The van der Waals surface area contributed by atoms with Crippen molar-refractivity contribution in [1.82, 2.24) is 4.98 Å². The minimum atomic E-state index is -0.298. The van der Waals surface area contributed by atoms with Crippen LogP contribution in [0.2, 0.25) is 0 Å². The number of thiazole rings is 1. The monoisotopic (exact) mass is 386 g/mol. The standard InChI is InChI=1S/C19H19FN4O2S/c1-2-25-17-9-13(10-22-24-19-23-18(21)12-27-19)7-8-16(17)26-11-14-5-3-4-6-15(14)20/h3-10,12H,2,11,21H2,1H3,(H,23,24). The molecule has 1 aromatic heterocycles. The molecule has 0 bridgehead atoms. The fourth-order valence-corrected chi connectivity index (χ4v) is 2.81. The quantitative estimate of drug-likeness (QED) is 0.446. The van der Waals surface area contributed by atoms with Crippen LogP contribution in [-0.4, -0.2) is 17.8 Å². The van der Waals surface area contributed by atoms with Crippen molar-refractivity contribution in [2.24, 2.45) is 5.10 Å². The minimum Gasteiger partial charge on any atom is -0.490 e. The third-order valence-corrected chi connectivity index (χ3v) is 4.27. The van der Waals surface area contributed by atoms with E-state index in [1.807, 2.05) is 19.1 Å². The molecule has 0 aliphatic rings. The zero-order chi connectivity index (χ0) is 19.1. The van der Waals surface area contributed by atoms with E-state index < -0.39 is 0 Å². The van der Waals surface area contributed by atoms with Crippen molar-refractivity contribution < 1.29 is 13.9 Å².